The lowest BCUT2D eigenvalue weighted by molar-refractivity contribution is 0.628. The molecule has 102 valence electrons. The number of nitrogens with two attached hydrogens (primary N) is 1. The number of hydrogen-bond acceptors (Lipinski definition) is 4. The van der Waals surface area contributed by atoms with Gasteiger partial charge in [0, 0.05) is 12.4 Å². The van der Waals surface area contributed by atoms with Crippen LogP contribution in [-0.2, 0) is 7.05 Å². The van der Waals surface area contributed by atoms with Crippen molar-refractivity contribution in [2.24, 2.45) is 7.05 Å². The Hall–Kier alpha value is -2.21. The summed E-state index contributed by atoms with van der Waals surface area (Å²) in [6.45, 7) is 1.93. The van der Waals surface area contributed by atoms with Crippen LogP contribution in [-0.4, -0.2) is 14.8 Å². The highest BCUT2D eigenvalue weighted by Crippen LogP contribution is 2.36. The van der Waals surface area contributed by atoms with Crippen molar-refractivity contribution >= 4 is 17.2 Å². The second-order valence-corrected chi connectivity index (χ2v) is 5.56. The highest BCUT2D eigenvalue weighted by molar-refractivity contribution is 7.09. The molecule has 0 radical (unpaired) electrons. The molecule has 2 aromatic heterocycles. The molecule has 0 aliphatic heterocycles. The predicted octanol–water partition coefficient (Wildman–Crippen LogP) is 3.24. The highest BCUT2D eigenvalue weighted by atomic mass is 32.1. The molecule has 2 N–H and O–H groups in total. The van der Waals surface area contributed by atoms with Crippen molar-refractivity contribution in [2.75, 3.05) is 5.73 Å². The first kappa shape index (κ1) is 12.8. The number of anilines is 1. The zero-order valence-corrected chi connectivity index (χ0v) is 11.9. The van der Waals surface area contributed by atoms with Gasteiger partial charge in [-0.25, -0.2) is 9.37 Å². The van der Waals surface area contributed by atoms with Crippen LogP contribution in [0.2, 0.25) is 0 Å². The lowest BCUT2D eigenvalue weighted by atomic mass is 10.0. The second kappa shape index (κ2) is 4.72. The average molecular weight is 288 g/mol. The van der Waals surface area contributed by atoms with Gasteiger partial charge in [0.1, 0.15) is 23.0 Å². The molecule has 3 aromatic rings. The van der Waals surface area contributed by atoms with E-state index in [4.69, 9.17) is 5.73 Å². The summed E-state index contributed by atoms with van der Waals surface area (Å²) < 4.78 is 15.0. The number of nitrogens with zero attached hydrogens (tertiary/aromatic N) is 3. The molecule has 1 aromatic carbocycles. The summed E-state index contributed by atoms with van der Waals surface area (Å²) in [5.41, 5.74) is 8.95. The molecule has 0 atom stereocenters. The first-order valence-corrected chi connectivity index (χ1v) is 6.95. The van der Waals surface area contributed by atoms with Gasteiger partial charge in [0.25, 0.3) is 0 Å². The third-order valence-electron chi connectivity index (χ3n) is 3.07. The molecule has 0 bridgehead atoms. The van der Waals surface area contributed by atoms with Gasteiger partial charge in [-0.05, 0) is 24.6 Å². The maximum Gasteiger partial charge on any atom is 0.129 e. The van der Waals surface area contributed by atoms with Crippen molar-refractivity contribution in [1.29, 1.82) is 0 Å². The Bertz CT molecular complexity index is 775. The Kier molecular flexibility index (Phi) is 3.02. The highest BCUT2D eigenvalue weighted by Gasteiger charge is 2.19. The predicted molar refractivity (Wildman–Crippen MR) is 78.9 cm³/mol. The number of hydrogen-bond donors (Lipinski definition) is 1. The van der Waals surface area contributed by atoms with Crippen LogP contribution >= 0.6 is 11.3 Å². The molecule has 0 fully saturated rings. The molecule has 0 spiro atoms. The van der Waals surface area contributed by atoms with E-state index in [-0.39, 0.29) is 5.82 Å². The molecule has 0 aliphatic rings. The smallest absolute Gasteiger partial charge is 0.129 e. The van der Waals surface area contributed by atoms with Crippen LogP contribution in [0.4, 0.5) is 10.2 Å². The van der Waals surface area contributed by atoms with E-state index in [1.165, 1.54) is 12.1 Å². The minimum Gasteiger partial charge on any atom is -0.383 e. The van der Waals surface area contributed by atoms with E-state index < -0.39 is 0 Å². The van der Waals surface area contributed by atoms with E-state index in [2.05, 4.69) is 10.1 Å². The molecule has 0 saturated heterocycles. The monoisotopic (exact) mass is 288 g/mol. The summed E-state index contributed by atoms with van der Waals surface area (Å²) in [5.74, 6) is 0.197. The van der Waals surface area contributed by atoms with Crippen molar-refractivity contribution in [3.05, 3.63) is 40.5 Å². The first-order chi connectivity index (χ1) is 9.56. The third-order valence-corrected chi connectivity index (χ3v) is 3.84. The number of rotatable bonds is 2. The summed E-state index contributed by atoms with van der Waals surface area (Å²) in [7, 11) is 1.76. The number of aromatic nitrogens is 3. The maximum absolute atomic E-state index is 13.4. The fourth-order valence-electron chi connectivity index (χ4n) is 2.12. The van der Waals surface area contributed by atoms with Gasteiger partial charge in [-0.1, -0.05) is 12.1 Å². The van der Waals surface area contributed by atoms with Gasteiger partial charge < -0.3 is 5.73 Å². The van der Waals surface area contributed by atoms with E-state index in [1.807, 2.05) is 18.4 Å². The van der Waals surface area contributed by atoms with Crippen LogP contribution in [0.15, 0.2) is 29.6 Å². The molecule has 6 heteroatoms. The topological polar surface area (TPSA) is 56.7 Å². The lowest BCUT2D eigenvalue weighted by Crippen LogP contribution is -1.98. The van der Waals surface area contributed by atoms with Crippen molar-refractivity contribution in [3.63, 3.8) is 0 Å². The summed E-state index contributed by atoms with van der Waals surface area (Å²) in [6.07, 6.45) is 0. The summed E-state index contributed by atoms with van der Waals surface area (Å²) >= 11 is 1.55. The van der Waals surface area contributed by atoms with Crippen LogP contribution in [0.3, 0.4) is 0 Å². The van der Waals surface area contributed by atoms with E-state index in [1.54, 1.807) is 29.1 Å². The Balaban J connectivity index is 2.24. The Labute approximate surface area is 119 Å². The lowest BCUT2D eigenvalue weighted by Gasteiger charge is -2.03. The van der Waals surface area contributed by atoms with Crippen LogP contribution in [0.5, 0.6) is 0 Å². The van der Waals surface area contributed by atoms with Crippen molar-refractivity contribution in [1.82, 2.24) is 14.8 Å². The Morgan fingerprint density at radius 2 is 2.15 bits per heavy atom. The summed E-state index contributed by atoms with van der Waals surface area (Å²) in [4.78, 5) is 4.44. The molecule has 0 amide bonds. The van der Waals surface area contributed by atoms with Crippen molar-refractivity contribution in [3.8, 4) is 22.5 Å². The molecule has 4 nitrogen and oxygen atoms in total. The van der Waals surface area contributed by atoms with Gasteiger partial charge >= 0.3 is 0 Å². The van der Waals surface area contributed by atoms with Crippen LogP contribution in [0.1, 0.15) is 5.01 Å². The normalized spacial score (nSPS) is 10.9. The minimum absolute atomic E-state index is 0.300. The van der Waals surface area contributed by atoms with Gasteiger partial charge in [-0.3, -0.25) is 4.68 Å². The van der Waals surface area contributed by atoms with Gasteiger partial charge in [0.05, 0.1) is 10.6 Å². The Morgan fingerprint density at radius 1 is 1.35 bits per heavy atom. The minimum atomic E-state index is -0.300. The average Bonchev–Trinajstić information content (AvgIpc) is 2.95. The number of aryl methyl sites for hydroxylation is 2. The first-order valence-electron chi connectivity index (χ1n) is 6.07. The molecule has 2 heterocycles. The molecule has 20 heavy (non-hydrogen) atoms. The Morgan fingerprint density at radius 3 is 2.80 bits per heavy atom. The van der Waals surface area contributed by atoms with Crippen molar-refractivity contribution < 1.29 is 4.39 Å². The van der Waals surface area contributed by atoms with Gasteiger partial charge in [0.2, 0.25) is 0 Å². The van der Waals surface area contributed by atoms with Gasteiger partial charge in [-0.2, -0.15) is 5.10 Å². The van der Waals surface area contributed by atoms with Crippen LogP contribution < -0.4 is 5.73 Å². The SMILES string of the molecule is Cc1nc(-c2nn(C)c(N)c2-c2cccc(F)c2)cs1. The number of halogens is 1. The molecule has 3 rings (SSSR count). The molecular formula is C14H13FN4S. The second-order valence-electron chi connectivity index (χ2n) is 4.49. The van der Waals surface area contributed by atoms with E-state index in [9.17, 15) is 4.39 Å². The largest absolute Gasteiger partial charge is 0.383 e. The fourth-order valence-corrected chi connectivity index (χ4v) is 2.71. The maximum atomic E-state index is 13.4. The van der Waals surface area contributed by atoms with Crippen molar-refractivity contribution in [2.45, 2.75) is 6.92 Å². The standard InChI is InChI=1S/C14H13FN4S/c1-8-17-11(7-20-8)13-12(14(16)19(2)18-13)9-4-3-5-10(15)6-9/h3-7H,16H2,1-2H3. The van der Waals surface area contributed by atoms with Gasteiger partial charge in [-0.15, -0.1) is 11.3 Å². The zero-order valence-electron chi connectivity index (χ0n) is 11.1. The summed E-state index contributed by atoms with van der Waals surface area (Å²) in [6, 6.07) is 6.34. The molecule has 0 aliphatic carbocycles. The third kappa shape index (κ3) is 2.08. The molecular weight excluding hydrogens is 275 g/mol. The van der Waals surface area contributed by atoms with E-state index in [0.717, 1.165) is 16.3 Å². The molecule has 0 saturated carbocycles. The van der Waals surface area contributed by atoms with Gasteiger partial charge in [0.15, 0.2) is 0 Å². The fraction of sp³-hybridized carbons (Fsp3) is 0.143. The van der Waals surface area contributed by atoms with Crippen LogP contribution in [0, 0.1) is 12.7 Å². The number of benzene rings is 1. The number of nitrogen functional groups attached to an aromatic ring is 1. The van der Waals surface area contributed by atoms with E-state index in [0.29, 0.717) is 17.1 Å². The summed E-state index contributed by atoms with van der Waals surface area (Å²) in [5, 5.41) is 7.30. The quantitative estimate of drug-likeness (QED) is 0.787. The number of thiazole rings is 1. The zero-order chi connectivity index (χ0) is 14.3. The molecule has 0 unspecified atom stereocenters. The van der Waals surface area contributed by atoms with Crippen LogP contribution in [0.25, 0.3) is 22.5 Å². The van der Waals surface area contributed by atoms with E-state index >= 15 is 0 Å².